The van der Waals surface area contributed by atoms with Crippen molar-refractivity contribution in [2.24, 2.45) is 0 Å². The van der Waals surface area contributed by atoms with Gasteiger partial charge in [0.05, 0.1) is 27.8 Å². The normalized spacial score (nSPS) is 11.8. The molecule has 0 spiro atoms. The number of benzene rings is 8. The quantitative estimate of drug-likeness (QED) is 0.188. The van der Waals surface area contributed by atoms with Gasteiger partial charge >= 0.3 is 0 Å². The predicted molar refractivity (Wildman–Crippen MR) is 203 cm³/mol. The average molecular weight is 611 g/mol. The minimum absolute atomic E-state index is 1.16. The highest BCUT2D eigenvalue weighted by molar-refractivity contribution is 6.29. The van der Waals surface area contributed by atoms with Crippen molar-refractivity contribution in [3.8, 4) is 33.6 Å². The summed E-state index contributed by atoms with van der Waals surface area (Å²) >= 11 is 0. The van der Waals surface area contributed by atoms with Gasteiger partial charge in [-0.25, -0.2) is 0 Å². The Balaban J connectivity index is 1.33. The van der Waals surface area contributed by atoms with Crippen molar-refractivity contribution in [2.75, 3.05) is 0 Å². The summed E-state index contributed by atoms with van der Waals surface area (Å²) in [6, 6.07) is 66.1. The molecular formula is C46H30N2. The Morgan fingerprint density at radius 2 is 0.854 bits per heavy atom. The van der Waals surface area contributed by atoms with Crippen molar-refractivity contribution in [3.05, 3.63) is 182 Å². The summed E-state index contributed by atoms with van der Waals surface area (Å²) in [6.07, 6.45) is 0. The van der Waals surface area contributed by atoms with Crippen LogP contribution in [0.4, 0.5) is 0 Å². The van der Waals surface area contributed by atoms with E-state index in [1.54, 1.807) is 0 Å². The zero-order valence-electron chi connectivity index (χ0n) is 26.2. The minimum Gasteiger partial charge on any atom is -0.309 e. The molecule has 0 N–H and O–H groups in total. The standard InChI is InChI=1S/C46H30N2/c1-4-14-31(15-5-1)33-24-25-39-44(30-33)47(34-18-8-3-9-19-34)42-28-29-43-45(46(39)42)38-22-12-13-23-40(38)48(43)41-27-26-35(32-16-6-2-7-17-32)36-20-10-11-21-37(36)41/h1-30H. The smallest absolute Gasteiger partial charge is 0.0549 e. The highest BCUT2D eigenvalue weighted by Gasteiger charge is 2.22. The van der Waals surface area contributed by atoms with Crippen molar-refractivity contribution >= 4 is 54.4 Å². The highest BCUT2D eigenvalue weighted by Crippen LogP contribution is 2.44. The van der Waals surface area contributed by atoms with Gasteiger partial charge in [-0.05, 0) is 70.1 Å². The van der Waals surface area contributed by atoms with Crippen LogP contribution in [0.5, 0.6) is 0 Å². The lowest BCUT2D eigenvalue weighted by molar-refractivity contribution is 1.18. The van der Waals surface area contributed by atoms with Crippen LogP contribution < -0.4 is 0 Å². The van der Waals surface area contributed by atoms with Gasteiger partial charge in [-0.1, -0.05) is 140 Å². The van der Waals surface area contributed by atoms with Crippen molar-refractivity contribution in [1.29, 1.82) is 0 Å². The van der Waals surface area contributed by atoms with Crippen LogP contribution in [0.2, 0.25) is 0 Å². The first-order valence-corrected chi connectivity index (χ1v) is 16.5. The summed E-state index contributed by atoms with van der Waals surface area (Å²) in [4.78, 5) is 0. The van der Waals surface area contributed by atoms with Gasteiger partial charge in [0.1, 0.15) is 0 Å². The van der Waals surface area contributed by atoms with E-state index in [0.717, 1.165) is 5.69 Å². The lowest BCUT2D eigenvalue weighted by Crippen LogP contribution is -1.96. The van der Waals surface area contributed by atoms with E-state index in [1.165, 1.54) is 82.3 Å². The second-order valence-electron chi connectivity index (χ2n) is 12.5. The van der Waals surface area contributed by atoms with Gasteiger partial charge in [0, 0.05) is 32.6 Å². The Hall–Kier alpha value is -6.38. The molecule has 10 rings (SSSR count). The molecule has 48 heavy (non-hydrogen) atoms. The van der Waals surface area contributed by atoms with Crippen LogP contribution in [0.1, 0.15) is 0 Å². The maximum absolute atomic E-state index is 2.48. The van der Waals surface area contributed by atoms with E-state index >= 15 is 0 Å². The number of hydrogen-bond donors (Lipinski definition) is 0. The van der Waals surface area contributed by atoms with Crippen LogP contribution in [0.3, 0.4) is 0 Å². The summed E-state index contributed by atoms with van der Waals surface area (Å²) in [7, 11) is 0. The van der Waals surface area contributed by atoms with Gasteiger partial charge < -0.3 is 9.13 Å². The van der Waals surface area contributed by atoms with Gasteiger partial charge in [-0.15, -0.1) is 0 Å². The van der Waals surface area contributed by atoms with Crippen LogP contribution in [-0.4, -0.2) is 9.13 Å². The molecular weight excluding hydrogens is 581 g/mol. The molecule has 0 aliphatic carbocycles. The molecule has 0 amide bonds. The molecule has 0 aliphatic rings. The van der Waals surface area contributed by atoms with Crippen molar-refractivity contribution in [1.82, 2.24) is 9.13 Å². The van der Waals surface area contributed by atoms with Crippen molar-refractivity contribution in [3.63, 3.8) is 0 Å². The third-order valence-corrected chi connectivity index (χ3v) is 9.91. The zero-order valence-corrected chi connectivity index (χ0v) is 26.2. The summed E-state index contributed by atoms with van der Waals surface area (Å²) < 4.78 is 4.91. The molecule has 0 saturated carbocycles. The molecule has 224 valence electrons. The van der Waals surface area contributed by atoms with Gasteiger partial charge in [0.2, 0.25) is 0 Å². The molecule has 10 aromatic rings. The van der Waals surface area contributed by atoms with Crippen LogP contribution in [0.25, 0.3) is 88.0 Å². The second kappa shape index (κ2) is 10.6. The summed E-state index contributed by atoms with van der Waals surface area (Å²) in [5, 5.41) is 7.57. The van der Waals surface area contributed by atoms with Crippen molar-refractivity contribution in [2.45, 2.75) is 0 Å². The van der Waals surface area contributed by atoms with Crippen molar-refractivity contribution < 1.29 is 0 Å². The van der Waals surface area contributed by atoms with E-state index in [9.17, 15) is 0 Å². The Kier molecular flexibility index (Phi) is 5.91. The Bertz CT molecular complexity index is 2810. The maximum Gasteiger partial charge on any atom is 0.0549 e. The van der Waals surface area contributed by atoms with E-state index in [0.29, 0.717) is 0 Å². The fourth-order valence-corrected chi connectivity index (χ4v) is 7.84. The first-order chi connectivity index (χ1) is 23.8. The minimum atomic E-state index is 1.16. The first-order valence-electron chi connectivity index (χ1n) is 16.5. The molecule has 2 nitrogen and oxygen atoms in total. The molecule has 0 bridgehead atoms. The first kappa shape index (κ1) is 26.8. The van der Waals surface area contributed by atoms with Gasteiger partial charge in [-0.3, -0.25) is 0 Å². The molecule has 0 aliphatic heterocycles. The Labute approximate surface area is 278 Å². The third kappa shape index (κ3) is 3.93. The van der Waals surface area contributed by atoms with E-state index in [1.807, 2.05) is 0 Å². The molecule has 0 atom stereocenters. The molecule has 0 unspecified atom stereocenters. The van der Waals surface area contributed by atoms with Crippen LogP contribution in [0.15, 0.2) is 182 Å². The number of aromatic nitrogens is 2. The van der Waals surface area contributed by atoms with Crippen LogP contribution in [0, 0.1) is 0 Å². The maximum atomic E-state index is 2.48. The molecule has 0 radical (unpaired) electrons. The highest BCUT2D eigenvalue weighted by atomic mass is 15.0. The molecule has 2 heteroatoms. The second-order valence-corrected chi connectivity index (χ2v) is 12.5. The molecule has 0 saturated heterocycles. The number of para-hydroxylation sites is 2. The van der Waals surface area contributed by atoms with Gasteiger partial charge in [0.15, 0.2) is 0 Å². The van der Waals surface area contributed by atoms with Gasteiger partial charge in [0.25, 0.3) is 0 Å². The van der Waals surface area contributed by atoms with E-state index in [4.69, 9.17) is 0 Å². The number of nitrogens with zero attached hydrogens (tertiary/aromatic N) is 2. The Morgan fingerprint density at radius 1 is 0.292 bits per heavy atom. The molecule has 0 fully saturated rings. The summed E-state index contributed by atoms with van der Waals surface area (Å²) in [6.45, 7) is 0. The largest absolute Gasteiger partial charge is 0.309 e. The number of hydrogen-bond acceptors (Lipinski definition) is 0. The predicted octanol–water partition coefficient (Wildman–Crippen LogP) is 12.4. The fourth-order valence-electron chi connectivity index (χ4n) is 7.84. The monoisotopic (exact) mass is 610 g/mol. The van der Waals surface area contributed by atoms with E-state index in [2.05, 4.69) is 191 Å². The molecule has 2 heterocycles. The van der Waals surface area contributed by atoms with Gasteiger partial charge in [-0.2, -0.15) is 0 Å². The summed E-state index contributed by atoms with van der Waals surface area (Å²) in [5.41, 5.74) is 12.1. The van der Waals surface area contributed by atoms with Crippen LogP contribution in [-0.2, 0) is 0 Å². The zero-order chi connectivity index (χ0) is 31.6. The number of fused-ring (bicyclic) bond motifs is 8. The fraction of sp³-hybridized carbons (Fsp3) is 0. The van der Waals surface area contributed by atoms with Crippen LogP contribution >= 0.6 is 0 Å². The topological polar surface area (TPSA) is 9.86 Å². The molecule has 8 aromatic carbocycles. The van der Waals surface area contributed by atoms with E-state index in [-0.39, 0.29) is 0 Å². The lowest BCUT2D eigenvalue weighted by Gasteiger charge is -2.15. The lowest BCUT2D eigenvalue weighted by atomic mass is 9.97. The average Bonchev–Trinajstić information content (AvgIpc) is 3.68. The molecule has 2 aromatic heterocycles. The SMILES string of the molecule is c1ccc(-c2ccc3c4c5c6ccccc6n(-c6ccc(-c7ccccc7)c7ccccc67)c5ccc4n(-c4ccccc4)c3c2)cc1. The Morgan fingerprint density at radius 3 is 1.58 bits per heavy atom. The third-order valence-electron chi connectivity index (χ3n) is 9.91. The van der Waals surface area contributed by atoms with E-state index < -0.39 is 0 Å². The number of rotatable bonds is 4. The summed E-state index contributed by atoms with van der Waals surface area (Å²) in [5.74, 6) is 0.